The Bertz CT molecular complexity index is 713. The molecule has 1 aliphatic rings. The number of benzene rings is 1. The van der Waals surface area contributed by atoms with Crippen LogP contribution in [0.5, 0.6) is 5.75 Å². The number of pyridine rings is 1. The van der Waals surface area contributed by atoms with E-state index in [0.717, 1.165) is 42.2 Å². The lowest BCUT2D eigenvalue weighted by Crippen LogP contribution is -2.53. The molecule has 4 nitrogen and oxygen atoms in total. The average Bonchev–Trinajstić information content (AvgIpc) is 2.47. The molecule has 1 aromatic heterocycles. The van der Waals surface area contributed by atoms with Gasteiger partial charge in [0, 0.05) is 42.7 Å². The third-order valence-corrected chi connectivity index (χ3v) is 4.24. The quantitative estimate of drug-likeness (QED) is 0.943. The molecule has 0 radical (unpaired) electrons. The number of ether oxygens (including phenoxy) is 1. The van der Waals surface area contributed by atoms with Gasteiger partial charge in [-0.1, -0.05) is 17.7 Å². The molecule has 1 saturated heterocycles. The maximum Gasteiger partial charge on any atom is 0.187 e. The van der Waals surface area contributed by atoms with E-state index in [4.69, 9.17) is 4.74 Å². The van der Waals surface area contributed by atoms with E-state index in [0.29, 0.717) is 0 Å². The molecule has 116 valence electrons. The summed E-state index contributed by atoms with van der Waals surface area (Å²) < 4.78 is 5.93. The van der Waals surface area contributed by atoms with Crippen molar-refractivity contribution < 1.29 is 4.74 Å². The highest BCUT2D eigenvalue weighted by Gasteiger charge is 2.29. The Labute approximate surface area is 130 Å². The first kappa shape index (κ1) is 14.9. The monoisotopic (exact) mass is 298 g/mol. The third kappa shape index (κ3) is 3.07. The Hall–Kier alpha value is -2.07. The number of aromatic amines is 1. The van der Waals surface area contributed by atoms with Gasteiger partial charge in [-0.15, -0.1) is 0 Å². The normalized spacial score (nSPS) is 15.6. The summed E-state index contributed by atoms with van der Waals surface area (Å²) in [5.74, 6) is 0.926. The minimum absolute atomic E-state index is 0.140. The number of aromatic nitrogens is 1. The van der Waals surface area contributed by atoms with Crippen LogP contribution in [0.2, 0.25) is 0 Å². The number of nitrogens with zero attached hydrogens (tertiary/aromatic N) is 1. The summed E-state index contributed by atoms with van der Waals surface area (Å²) >= 11 is 0. The van der Waals surface area contributed by atoms with Crippen LogP contribution >= 0.6 is 0 Å². The van der Waals surface area contributed by atoms with Gasteiger partial charge in [0.1, 0.15) is 11.9 Å². The van der Waals surface area contributed by atoms with Gasteiger partial charge in [-0.2, -0.15) is 0 Å². The summed E-state index contributed by atoms with van der Waals surface area (Å²) in [7, 11) is 0. The van der Waals surface area contributed by atoms with Crippen molar-refractivity contribution in [2.24, 2.45) is 0 Å². The Morgan fingerprint density at radius 1 is 1.18 bits per heavy atom. The minimum atomic E-state index is 0.140. The summed E-state index contributed by atoms with van der Waals surface area (Å²) in [5, 5.41) is 0. The summed E-state index contributed by atoms with van der Waals surface area (Å²) in [6.07, 6.45) is 2.03. The van der Waals surface area contributed by atoms with Crippen LogP contribution < -0.4 is 10.2 Å². The van der Waals surface area contributed by atoms with Crippen molar-refractivity contribution in [3.8, 4) is 5.75 Å². The van der Waals surface area contributed by atoms with Crippen LogP contribution in [0.4, 0.5) is 0 Å². The van der Waals surface area contributed by atoms with Gasteiger partial charge >= 0.3 is 0 Å². The summed E-state index contributed by atoms with van der Waals surface area (Å²) in [4.78, 5) is 17.5. The number of nitrogens with one attached hydrogen (secondary N) is 1. The van der Waals surface area contributed by atoms with Gasteiger partial charge < -0.3 is 9.72 Å². The number of likely N-dealkylation sites (tertiary alicyclic amines) is 1. The van der Waals surface area contributed by atoms with E-state index in [1.165, 1.54) is 5.56 Å². The summed E-state index contributed by atoms with van der Waals surface area (Å²) in [5.41, 5.74) is 3.97. The summed E-state index contributed by atoms with van der Waals surface area (Å²) in [6, 6.07) is 8.15. The molecule has 0 bridgehead atoms. The second-order valence-corrected chi connectivity index (χ2v) is 6.15. The van der Waals surface area contributed by atoms with Crippen LogP contribution in [-0.4, -0.2) is 29.1 Å². The molecular formula is C18H22N2O2. The Morgan fingerprint density at radius 2 is 1.86 bits per heavy atom. The van der Waals surface area contributed by atoms with Gasteiger partial charge in [0.15, 0.2) is 5.43 Å². The molecule has 0 spiro atoms. The van der Waals surface area contributed by atoms with Crippen molar-refractivity contribution in [1.82, 2.24) is 9.88 Å². The largest absolute Gasteiger partial charge is 0.488 e. The average molecular weight is 298 g/mol. The third-order valence-electron chi connectivity index (χ3n) is 4.24. The Morgan fingerprint density at radius 3 is 2.55 bits per heavy atom. The molecule has 0 atom stereocenters. The lowest BCUT2D eigenvalue weighted by atomic mass is 10.1. The van der Waals surface area contributed by atoms with Crippen LogP contribution in [0.3, 0.4) is 0 Å². The van der Waals surface area contributed by atoms with Crippen LogP contribution in [0.1, 0.15) is 22.4 Å². The zero-order valence-corrected chi connectivity index (χ0v) is 13.3. The molecule has 1 fully saturated rings. The smallest absolute Gasteiger partial charge is 0.187 e. The topological polar surface area (TPSA) is 45.3 Å². The van der Waals surface area contributed by atoms with Gasteiger partial charge in [0.05, 0.1) is 0 Å². The van der Waals surface area contributed by atoms with Crippen molar-refractivity contribution in [2.75, 3.05) is 13.1 Å². The van der Waals surface area contributed by atoms with Crippen LogP contribution in [-0.2, 0) is 6.54 Å². The number of hydrogen-bond acceptors (Lipinski definition) is 3. The molecule has 22 heavy (non-hydrogen) atoms. The fraction of sp³-hybridized carbons (Fsp3) is 0.389. The maximum atomic E-state index is 11.9. The molecule has 2 heterocycles. The second-order valence-electron chi connectivity index (χ2n) is 6.15. The molecule has 0 unspecified atom stereocenters. The molecule has 1 aromatic carbocycles. The molecule has 3 rings (SSSR count). The van der Waals surface area contributed by atoms with Crippen molar-refractivity contribution in [3.05, 3.63) is 63.1 Å². The predicted molar refractivity (Wildman–Crippen MR) is 87.4 cm³/mol. The number of H-pyrrole nitrogens is 1. The molecule has 0 amide bonds. The van der Waals surface area contributed by atoms with E-state index < -0.39 is 0 Å². The van der Waals surface area contributed by atoms with E-state index in [9.17, 15) is 4.79 Å². The lowest BCUT2D eigenvalue weighted by molar-refractivity contribution is 0.0137. The highest BCUT2D eigenvalue weighted by molar-refractivity contribution is 5.27. The van der Waals surface area contributed by atoms with Crippen LogP contribution in [0, 0.1) is 20.8 Å². The van der Waals surface area contributed by atoms with Crippen molar-refractivity contribution >= 4 is 0 Å². The van der Waals surface area contributed by atoms with Gasteiger partial charge in [-0.25, -0.2) is 0 Å². The maximum absolute atomic E-state index is 11.9. The van der Waals surface area contributed by atoms with Crippen molar-refractivity contribution in [1.29, 1.82) is 0 Å². The molecular weight excluding hydrogens is 276 g/mol. The molecule has 2 aromatic rings. The molecule has 0 aliphatic carbocycles. The number of hydrogen-bond donors (Lipinski definition) is 1. The van der Waals surface area contributed by atoms with E-state index >= 15 is 0 Å². The Balaban J connectivity index is 1.55. The zero-order chi connectivity index (χ0) is 15.7. The SMILES string of the molecule is Cc1ccc(OC2CN(Cc3[nH]cc(C)c(=O)c3C)C2)cc1. The zero-order valence-electron chi connectivity index (χ0n) is 13.3. The van der Waals surface area contributed by atoms with E-state index in [2.05, 4.69) is 28.9 Å². The first-order valence-corrected chi connectivity index (χ1v) is 7.66. The molecule has 0 saturated carbocycles. The van der Waals surface area contributed by atoms with Crippen molar-refractivity contribution in [3.63, 3.8) is 0 Å². The predicted octanol–water partition coefficient (Wildman–Crippen LogP) is 2.56. The standard InChI is InChI=1S/C18H22N2O2/c1-12-4-6-15(7-5-12)22-16-9-20(10-16)11-17-14(3)18(21)13(2)8-19-17/h4-8,16H,9-11H2,1-3H3,(H,19,21). The van der Waals surface area contributed by atoms with Crippen LogP contribution in [0.15, 0.2) is 35.3 Å². The first-order chi connectivity index (χ1) is 10.5. The van der Waals surface area contributed by atoms with E-state index in [-0.39, 0.29) is 11.5 Å². The molecule has 4 heteroatoms. The fourth-order valence-corrected chi connectivity index (χ4v) is 2.73. The minimum Gasteiger partial charge on any atom is -0.488 e. The van der Waals surface area contributed by atoms with Crippen LogP contribution in [0.25, 0.3) is 0 Å². The molecule has 1 aliphatic heterocycles. The molecule has 1 N–H and O–H groups in total. The highest BCUT2D eigenvalue weighted by Crippen LogP contribution is 2.20. The summed E-state index contributed by atoms with van der Waals surface area (Å²) in [6.45, 7) is 8.35. The first-order valence-electron chi connectivity index (χ1n) is 7.66. The van der Waals surface area contributed by atoms with Gasteiger partial charge in [-0.3, -0.25) is 9.69 Å². The fourth-order valence-electron chi connectivity index (χ4n) is 2.73. The second kappa shape index (κ2) is 5.97. The highest BCUT2D eigenvalue weighted by atomic mass is 16.5. The van der Waals surface area contributed by atoms with E-state index in [1.54, 1.807) is 6.20 Å². The van der Waals surface area contributed by atoms with Gasteiger partial charge in [-0.05, 0) is 32.9 Å². The number of rotatable bonds is 4. The lowest BCUT2D eigenvalue weighted by Gasteiger charge is -2.39. The van der Waals surface area contributed by atoms with Crippen molar-refractivity contribution in [2.45, 2.75) is 33.4 Å². The van der Waals surface area contributed by atoms with E-state index in [1.807, 2.05) is 26.0 Å². The van der Waals surface area contributed by atoms with Gasteiger partial charge in [0.2, 0.25) is 0 Å². The Kier molecular flexibility index (Phi) is 4.03. The van der Waals surface area contributed by atoms with Gasteiger partial charge in [0.25, 0.3) is 0 Å². The number of aryl methyl sites for hydroxylation is 2.